The summed E-state index contributed by atoms with van der Waals surface area (Å²) in [6.45, 7) is 3.68. The lowest BCUT2D eigenvalue weighted by Gasteiger charge is -2.32. The topological polar surface area (TPSA) is 111 Å². The van der Waals surface area contributed by atoms with Gasteiger partial charge in [0.2, 0.25) is 5.91 Å². The van der Waals surface area contributed by atoms with E-state index >= 15 is 0 Å². The number of hydrogen-bond donors (Lipinski definition) is 1. The molecule has 0 radical (unpaired) electrons. The van der Waals surface area contributed by atoms with E-state index in [1.54, 1.807) is 41.6 Å². The van der Waals surface area contributed by atoms with Gasteiger partial charge in [0, 0.05) is 19.0 Å². The summed E-state index contributed by atoms with van der Waals surface area (Å²) in [6, 6.07) is 8.67. The van der Waals surface area contributed by atoms with E-state index in [1.807, 2.05) is 12.1 Å². The first-order chi connectivity index (χ1) is 14.2. The lowest BCUT2D eigenvalue weighted by atomic mass is 10.1. The number of carbonyl (C=O) groups is 2. The molecule has 2 unspecified atom stereocenters. The Kier molecular flexibility index (Phi) is 5.27. The molecule has 10 heteroatoms. The summed E-state index contributed by atoms with van der Waals surface area (Å²) < 4.78 is 30.8. The summed E-state index contributed by atoms with van der Waals surface area (Å²) >= 11 is 0. The molecule has 2 aromatic rings. The van der Waals surface area contributed by atoms with Crippen molar-refractivity contribution in [2.24, 2.45) is 0 Å². The van der Waals surface area contributed by atoms with Crippen molar-refractivity contribution in [3.8, 4) is 5.75 Å². The van der Waals surface area contributed by atoms with Crippen LogP contribution in [-0.4, -0.2) is 54.2 Å². The fraction of sp³-hybridized carbons (Fsp3) is 0.450. The van der Waals surface area contributed by atoms with Crippen molar-refractivity contribution in [3.05, 3.63) is 36.0 Å². The molecule has 4 rings (SSSR count). The molecule has 0 aliphatic carbocycles. The van der Waals surface area contributed by atoms with Crippen LogP contribution in [0.5, 0.6) is 5.75 Å². The van der Waals surface area contributed by atoms with Crippen molar-refractivity contribution < 1.29 is 22.7 Å². The van der Waals surface area contributed by atoms with Gasteiger partial charge in [-0.05, 0) is 32.4 Å². The van der Waals surface area contributed by atoms with Crippen molar-refractivity contribution in [2.75, 3.05) is 28.3 Å². The van der Waals surface area contributed by atoms with Crippen LogP contribution in [0.1, 0.15) is 31.5 Å². The number of benzene rings is 1. The number of aromatic nitrogens is 2. The fourth-order valence-electron chi connectivity index (χ4n) is 3.86. The number of carbonyl (C=O) groups excluding carboxylic acids is 2. The molecule has 1 N–H and O–H groups in total. The highest BCUT2D eigenvalue weighted by atomic mass is 32.2. The number of nitrogens with zero attached hydrogens (tertiary/aromatic N) is 3. The van der Waals surface area contributed by atoms with E-state index in [9.17, 15) is 18.0 Å². The molecule has 3 heterocycles. The van der Waals surface area contributed by atoms with Crippen LogP contribution in [0.2, 0.25) is 0 Å². The van der Waals surface area contributed by atoms with Crippen LogP contribution in [0.3, 0.4) is 0 Å². The van der Waals surface area contributed by atoms with Gasteiger partial charge in [0.05, 0.1) is 28.9 Å². The lowest BCUT2D eigenvalue weighted by molar-refractivity contribution is -0.125. The molecule has 2 atom stereocenters. The average molecular weight is 433 g/mol. The van der Waals surface area contributed by atoms with Crippen LogP contribution in [0, 0.1) is 6.92 Å². The molecule has 2 aliphatic heterocycles. The van der Waals surface area contributed by atoms with Gasteiger partial charge in [-0.2, -0.15) is 5.10 Å². The van der Waals surface area contributed by atoms with Gasteiger partial charge in [-0.1, -0.05) is 12.1 Å². The molecular weight excluding hydrogens is 408 g/mol. The van der Waals surface area contributed by atoms with Crippen LogP contribution >= 0.6 is 0 Å². The molecule has 0 bridgehead atoms. The molecule has 1 aromatic heterocycles. The van der Waals surface area contributed by atoms with Crippen LogP contribution in [0.4, 0.5) is 11.5 Å². The number of sulfone groups is 1. The fourth-order valence-corrected chi connectivity index (χ4v) is 5.56. The Labute approximate surface area is 174 Å². The minimum absolute atomic E-state index is 0.0218. The molecule has 1 saturated heterocycles. The zero-order chi connectivity index (χ0) is 21.5. The van der Waals surface area contributed by atoms with Gasteiger partial charge in [0.1, 0.15) is 11.6 Å². The molecule has 9 nitrogen and oxygen atoms in total. The van der Waals surface area contributed by atoms with E-state index in [4.69, 9.17) is 4.74 Å². The predicted octanol–water partition coefficient (Wildman–Crippen LogP) is 1.69. The van der Waals surface area contributed by atoms with E-state index in [0.29, 0.717) is 29.4 Å². The predicted molar refractivity (Wildman–Crippen MR) is 111 cm³/mol. The SMILES string of the molecule is Cc1cc(NC(=O)CCN2C(=O)C(C)Oc3ccccc32)n(C2CCS(=O)(=O)C2)n1. The van der Waals surface area contributed by atoms with E-state index in [0.717, 1.165) is 0 Å². The Hall–Kier alpha value is -2.88. The largest absolute Gasteiger partial charge is 0.479 e. The third-order valence-electron chi connectivity index (χ3n) is 5.32. The number of amides is 2. The monoisotopic (exact) mass is 432 g/mol. The van der Waals surface area contributed by atoms with Gasteiger partial charge >= 0.3 is 0 Å². The van der Waals surface area contributed by atoms with Gasteiger partial charge in [0.25, 0.3) is 5.91 Å². The molecule has 2 amide bonds. The van der Waals surface area contributed by atoms with Gasteiger partial charge < -0.3 is 15.0 Å². The summed E-state index contributed by atoms with van der Waals surface area (Å²) in [5.41, 5.74) is 1.34. The molecule has 1 fully saturated rings. The highest BCUT2D eigenvalue weighted by Crippen LogP contribution is 2.33. The first-order valence-electron chi connectivity index (χ1n) is 9.87. The normalized spacial score (nSPS) is 22.5. The van der Waals surface area contributed by atoms with E-state index in [-0.39, 0.29) is 42.3 Å². The Morgan fingerprint density at radius 3 is 2.83 bits per heavy atom. The third-order valence-corrected chi connectivity index (χ3v) is 7.07. The molecule has 30 heavy (non-hydrogen) atoms. The van der Waals surface area contributed by atoms with Gasteiger partial charge in [-0.25, -0.2) is 13.1 Å². The highest BCUT2D eigenvalue weighted by molar-refractivity contribution is 7.91. The second kappa shape index (κ2) is 7.75. The van der Waals surface area contributed by atoms with E-state index in [2.05, 4.69) is 10.4 Å². The first-order valence-corrected chi connectivity index (χ1v) is 11.7. The summed E-state index contributed by atoms with van der Waals surface area (Å²) in [6.07, 6.45) is -0.0557. The average Bonchev–Trinajstić information content (AvgIpc) is 3.23. The molecule has 0 saturated carbocycles. The summed E-state index contributed by atoms with van der Waals surface area (Å²) in [7, 11) is -3.07. The van der Waals surface area contributed by atoms with Crippen LogP contribution in [-0.2, 0) is 19.4 Å². The summed E-state index contributed by atoms with van der Waals surface area (Å²) in [5, 5.41) is 7.19. The highest BCUT2D eigenvalue weighted by Gasteiger charge is 2.33. The van der Waals surface area contributed by atoms with Crippen molar-refractivity contribution in [1.82, 2.24) is 9.78 Å². The second-order valence-electron chi connectivity index (χ2n) is 7.69. The van der Waals surface area contributed by atoms with Gasteiger partial charge in [-0.3, -0.25) is 9.59 Å². The number of rotatable bonds is 5. The Balaban J connectivity index is 1.45. The maximum Gasteiger partial charge on any atom is 0.267 e. The summed E-state index contributed by atoms with van der Waals surface area (Å²) in [5.74, 6) is 0.761. The van der Waals surface area contributed by atoms with Gasteiger partial charge in [0.15, 0.2) is 15.9 Å². The van der Waals surface area contributed by atoms with Crippen molar-refractivity contribution in [1.29, 1.82) is 0 Å². The van der Waals surface area contributed by atoms with Gasteiger partial charge in [-0.15, -0.1) is 0 Å². The van der Waals surface area contributed by atoms with E-state index in [1.165, 1.54) is 0 Å². The molecule has 0 spiro atoms. The Morgan fingerprint density at radius 1 is 1.33 bits per heavy atom. The van der Waals surface area contributed by atoms with Crippen LogP contribution < -0.4 is 15.0 Å². The summed E-state index contributed by atoms with van der Waals surface area (Å²) in [4.78, 5) is 26.7. The van der Waals surface area contributed by atoms with Crippen LogP contribution in [0.15, 0.2) is 30.3 Å². The zero-order valence-electron chi connectivity index (χ0n) is 16.9. The second-order valence-corrected chi connectivity index (χ2v) is 9.92. The molecule has 160 valence electrons. The first kappa shape index (κ1) is 20.4. The van der Waals surface area contributed by atoms with Crippen molar-refractivity contribution in [3.63, 3.8) is 0 Å². The third kappa shape index (κ3) is 4.04. The molecule has 2 aliphatic rings. The number of nitrogens with one attached hydrogen (secondary N) is 1. The molecular formula is C20H24N4O5S. The molecule has 1 aromatic carbocycles. The number of anilines is 2. The maximum absolute atomic E-state index is 12.6. The standard InChI is InChI=1S/C20H24N4O5S/c1-13-11-18(24(22-13)15-8-10-30(27,28)12-15)21-19(25)7-9-23-16-5-3-4-6-17(16)29-14(2)20(23)26/h3-6,11,14-15H,7-10,12H2,1-2H3,(H,21,25). The number of hydrogen-bond acceptors (Lipinski definition) is 6. The van der Waals surface area contributed by atoms with Crippen molar-refractivity contribution in [2.45, 2.75) is 38.8 Å². The van der Waals surface area contributed by atoms with E-state index < -0.39 is 15.9 Å². The minimum atomic E-state index is -3.07. The number of para-hydroxylation sites is 2. The smallest absolute Gasteiger partial charge is 0.267 e. The zero-order valence-corrected chi connectivity index (χ0v) is 17.7. The minimum Gasteiger partial charge on any atom is -0.479 e. The number of fused-ring (bicyclic) bond motifs is 1. The van der Waals surface area contributed by atoms with Crippen molar-refractivity contribution >= 4 is 33.2 Å². The number of aryl methyl sites for hydroxylation is 1. The Bertz CT molecular complexity index is 1090. The maximum atomic E-state index is 12.6. The quantitative estimate of drug-likeness (QED) is 0.770. The lowest BCUT2D eigenvalue weighted by Crippen LogP contribution is -2.45. The Morgan fingerprint density at radius 2 is 2.10 bits per heavy atom. The number of ether oxygens (including phenoxy) is 1. The van der Waals surface area contributed by atoms with Crippen LogP contribution in [0.25, 0.3) is 0 Å².